The van der Waals surface area contributed by atoms with Crippen LogP contribution in [0.5, 0.6) is 5.88 Å². The Hall–Kier alpha value is -2.63. The third-order valence-corrected chi connectivity index (χ3v) is 5.73. The molecule has 1 N–H and O–H groups in total. The number of aromatic hydroxyl groups is 1. The van der Waals surface area contributed by atoms with Gasteiger partial charge in [-0.15, -0.1) is 0 Å². The first-order chi connectivity index (χ1) is 14.0. The molecular weight excluding hydrogens is 366 g/mol. The van der Waals surface area contributed by atoms with E-state index in [0.717, 1.165) is 24.8 Å². The van der Waals surface area contributed by atoms with E-state index >= 15 is 0 Å². The predicted octanol–water partition coefficient (Wildman–Crippen LogP) is 3.77. The van der Waals surface area contributed by atoms with Gasteiger partial charge in [-0.1, -0.05) is 57.5 Å². The quantitative estimate of drug-likeness (QED) is 0.772. The van der Waals surface area contributed by atoms with E-state index in [1.807, 2.05) is 37.3 Å². The number of carbonyl (C=O) groups excluding carboxylic acids is 1. The second-order valence-electron chi connectivity index (χ2n) is 7.99. The maximum absolute atomic E-state index is 13.5. The first-order valence-electron chi connectivity index (χ1n) is 10.7. The SMILES string of the molecule is CCCCc1nc(O)c(C(=O)N2CC[C@@H](C)C2)c(=O)n1[C@@H](CC)c1ccccc1. The van der Waals surface area contributed by atoms with Crippen molar-refractivity contribution in [1.82, 2.24) is 14.5 Å². The molecule has 1 fully saturated rings. The Kier molecular flexibility index (Phi) is 6.72. The summed E-state index contributed by atoms with van der Waals surface area (Å²) in [5, 5.41) is 10.5. The molecule has 29 heavy (non-hydrogen) atoms. The fourth-order valence-corrected chi connectivity index (χ4v) is 4.11. The lowest BCUT2D eigenvalue weighted by Gasteiger charge is -2.24. The van der Waals surface area contributed by atoms with E-state index in [9.17, 15) is 14.7 Å². The van der Waals surface area contributed by atoms with Crippen LogP contribution in [0.15, 0.2) is 35.1 Å². The monoisotopic (exact) mass is 397 g/mol. The summed E-state index contributed by atoms with van der Waals surface area (Å²) in [6, 6.07) is 9.57. The normalized spacial score (nSPS) is 17.5. The van der Waals surface area contributed by atoms with Gasteiger partial charge in [-0.2, -0.15) is 4.98 Å². The summed E-state index contributed by atoms with van der Waals surface area (Å²) >= 11 is 0. The molecule has 0 radical (unpaired) electrons. The Balaban J connectivity index is 2.13. The first-order valence-corrected chi connectivity index (χ1v) is 10.7. The van der Waals surface area contributed by atoms with E-state index in [2.05, 4.69) is 18.8 Å². The van der Waals surface area contributed by atoms with Crippen LogP contribution in [-0.2, 0) is 6.42 Å². The Morgan fingerprint density at radius 3 is 2.59 bits per heavy atom. The van der Waals surface area contributed by atoms with Gasteiger partial charge in [0.1, 0.15) is 5.82 Å². The number of rotatable bonds is 7. The van der Waals surface area contributed by atoms with Crippen LogP contribution < -0.4 is 5.56 Å². The molecule has 0 saturated carbocycles. The fraction of sp³-hybridized carbons (Fsp3) is 0.522. The fourth-order valence-electron chi connectivity index (χ4n) is 4.11. The lowest BCUT2D eigenvalue weighted by molar-refractivity contribution is 0.0781. The molecule has 1 aromatic heterocycles. The third kappa shape index (κ3) is 4.36. The molecule has 2 aromatic rings. The summed E-state index contributed by atoms with van der Waals surface area (Å²) in [4.78, 5) is 32.6. The number of unbranched alkanes of at least 4 members (excludes halogenated alkanes) is 1. The number of aryl methyl sites for hydroxylation is 1. The van der Waals surface area contributed by atoms with Crippen LogP contribution in [0.4, 0.5) is 0 Å². The summed E-state index contributed by atoms with van der Waals surface area (Å²) in [6.45, 7) is 7.38. The number of hydrogen-bond donors (Lipinski definition) is 1. The highest BCUT2D eigenvalue weighted by atomic mass is 16.3. The Morgan fingerprint density at radius 1 is 1.28 bits per heavy atom. The number of hydrogen-bond acceptors (Lipinski definition) is 4. The molecule has 156 valence electrons. The van der Waals surface area contributed by atoms with E-state index in [4.69, 9.17) is 0 Å². The number of likely N-dealkylation sites (tertiary alicyclic amines) is 1. The van der Waals surface area contributed by atoms with Gasteiger partial charge >= 0.3 is 0 Å². The molecule has 2 heterocycles. The zero-order valence-electron chi connectivity index (χ0n) is 17.6. The highest BCUT2D eigenvalue weighted by Crippen LogP contribution is 2.25. The molecule has 1 aliphatic heterocycles. The lowest BCUT2D eigenvalue weighted by Crippen LogP contribution is -2.38. The molecule has 1 saturated heterocycles. The second kappa shape index (κ2) is 9.25. The minimum Gasteiger partial charge on any atom is -0.493 e. The Bertz CT molecular complexity index is 908. The van der Waals surface area contributed by atoms with Gasteiger partial charge in [-0.3, -0.25) is 14.2 Å². The van der Waals surface area contributed by atoms with Crippen molar-refractivity contribution in [3.63, 3.8) is 0 Å². The van der Waals surface area contributed by atoms with Crippen molar-refractivity contribution >= 4 is 5.91 Å². The lowest BCUT2D eigenvalue weighted by atomic mass is 10.0. The van der Waals surface area contributed by atoms with Crippen LogP contribution in [0.1, 0.15) is 74.2 Å². The van der Waals surface area contributed by atoms with E-state index in [-0.39, 0.29) is 11.6 Å². The first kappa shape index (κ1) is 21.1. The average Bonchev–Trinajstić information content (AvgIpc) is 3.15. The zero-order chi connectivity index (χ0) is 21.0. The van der Waals surface area contributed by atoms with E-state index < -0.39 is 17.3 Å². The maximum Gasteiger partial charge on any atom is 0.270 e. The zero-order valence-corrected chi connectivity index (χ0v) is 17.6. The molecule has 1 aliphatic rings. The molecule has 6 heteroatoms. The summed E-state index contributed by atoms with van der Waals surface area (Å²) in [6.07, 6.45) is 3.98. The highest BCUT2D eigenvalue weighted by molar-refractivity contribution is 5.96. The molecule has 0 spiro atoms. The van der Waals surface area contributed by atoms with E-state index in [1.54, 1.807) is 9.47 Å². The number of benzene rings is 1. The van der Waals surface area contributed by atoms with Gasteiger partial charge in [0, 0.05) is 19.5 Å². The van der Waals surface area contributed by atoms with Crippen LogP contribution in [-0.4, -0.2) is 38.6 Å². The molecule has 0 bridgehead atoms. The van der Waals surface area contributed by atoms with Crippen molar-refractivity contribution in [3.05, 3.63) is 57.6 Å². The van der Waals surface area contributed by atoms with Crippen molar-refractivity contribution in [2.75, 3.05) is 13.1 Å². The molecule has 6 nitrogen and oxygen atoms in total. The van der Waals surface area contributed by atoms with Crippen LogP contribution in [0, 0.1) is 5.92 Å². The molecule has 3 rings (SSSR count). The van der Waals surface area contributed by atoms with Gasteiger partial charge in [0.2, 0.25) is 5.88 Å². The second-order valence-corrected chi connectivity index (χ2v) is 7.99. The molecule has 0 unspecified atom stereocenters. The van der Waals surface area contributed by atoms with Crippen LogP contribution in [0.3, 0.4) is 0 Å². The van der Waals surface area contributed by atoms with Crippen molar-refractivity contribution in [2.24, 2.45) is 5.92 Å². The number of aromatic nitrogens is 2. The van der Waals surface area contributed by atoms with Gasteiger partial charge in [0.15, 0.2) is 5.56 Å². The van der Waals surface area contributed by atoms with Crippen LogP contribution in [0.25, 0.3) is 0 Å². The Labute approximate surface area is 172 Å². The van der Waals surface area contributed by atoms with Crippen LogP contribution >= 0.6 is 0 Å². The topological polar surface area (TPSA) is 75.4 Å². The molecule has 1 aromatic carbocycles. The van der Waals surface area contributed by atoms with Gasteiger partial charge in [0.05, 0.1) is 6.04 Å². The predicted molar refractivity (Wildman–Crippen MR) is 113 cm³/mol. The van der Waals surface area contributed by atoms with Gasteiger partial charge < -0.3 is 10.0 Å². The molecule has 1 amide bonds. The highest BCUT2D eigenvalue weighted by Gasteiger charge is 2.31. The summed E-state index contributed by atoms with van der Waals surface area (Å²) < 4.78 is 1.64. The van der Waals surface area contributed by atoms with Gasteiger partial charge in [0.25, 0.3) is 11.5 Å². The molecular formula is C23H31N3O3. The Morgan fingerprint density at radius 2 is 2.00 bits per heavy atom. The minimum atomic E-state index is -0.441. The van der Waals surface area contributed by atoms with Crippen molar-refractivity contribution in [2.45, 2.75) is 58.9 Å². The smallest absolute Gasteiger partial charge is 0.270 e. The third-order valence-electron chi connectivity index (χ3n) is 5.73. The number of carbonyl (C=O) groups is 1. The molecule has 0 aliphatic carbocycles. The largest absolute Gasteiger partial charge is 0.493 e. The van der Waals surface area contributed by atoms with Gasteiger partial charge in [-0.25, -0.2) is 0 Å². The van der Waals surface area contributed by atoms with E-state index in [1.165, 1.54) is 0 Å². The summed E-state index contributed by atoms with van der Waals surface area (Å²) in [5.41, 5.74) is 0.355. The number of nitrogens with zero attached hydrogens (tertiary/aromatic N) is 3. The maximum atomic E-state index is 13.5. The van der Waals surface area contributed by atoms with Crippen molar-refractivity contribution in [3.8, 4) is 5.88 Å². The summed E-state index contributed by atoms with van der Waals surface area (Å²) in [5.74, 6) is 0.0806. The molecule has 2 atom stereocenters. The standard InChI is InChI=1S/C23H31N3O3/c1-4-6-12-19-24-21(27)20(22(28)25-14-13-16(3)15-25)23(29)26(19)18(5-2)17-10-8-7-9-11-17/h7-11,16,18,27H,4-6,12-15H2,1-3H3/t16-,18+/m1/s1. The minimum absolute atomic E-state index is 0.200. The van der Waals surface area contributed by atoms with Crippen molar-refractivity contribution in [1.29, 1.82) is 0 Å². The van der Waals surface area contributed by atoms with Crippen LogP contribution in [0.2, 0.25) is 0 Å². The van der Waals surface area contributed by atoms with Gasteiger partial charge in [-0.05, 0) is 30.7 Å². The van der Waals surface area contributed by atoms with E-state index in [0.29, 0.717) is 37.7 Å². The number of amides is 1. The van der Waals surface area contributed by atoms with Crippen molar-refractivity contribution < 1.29 is 9.90 Å². The average molecular weight is 398 g/mol. The summed E-state index contributed by atoms with van der Waals surface area (Å²) in [7, 11) is 0.